The van der Waals surface area contributed by atoms with Crippen LogP contribution in [0.25, 0.3) is 0 Å². The molecule has 1 unspecified atom stereocenters. The van der Waals surface area contributed by atoms with Crippen LogP contribution in [0, 0.1) is 0 Å². The van der Waals surface area contributed by atoms with E-state index in [0.29, 0.717) is 0 Å². The molecular formula is C9H12FNO3. The number of phenols is 3. The molecule has 0 aliphatic rings. The number of hydrogen-bond donors (Lipinski definition) is 4. The van der Waals surface area contributed by atoms with Crippen molar-refractivity contribution in [3.63, 3.8) is 0 Å². The Morgan fingerprint density at radius 1 is 1.21 bits per heavy atom. The molecule has 4 nitrogen and oxygen atoms in total. The SMILES string of the molecule is NCCC(F)c1c(O)cc(O)cc1O. The van der Waals surface area contributed by atoms with E-state index in [0.717, 1.165) is 12.1 Å². The van der Waals surface area contributed by atoms with Gasteiger partial charge in [0.2, 0.25) is 0 Å². The van der Waals surface area contributed by atoms with E-state index < -0.39 is 17.7 Å². The third-order valence-electron chi connectivity index (χ3n) is 1.85. The van der Waals surface area contributed by atoms with Crippen molar-refractivity contribution in [2.24, 2.45) is 5.73 Å². The Labute approximate surface area is 80.4 Å². The maximum atomic E-state index is 13.3. The molecule has 0 saturated heterocycles. The normalized spacial score (nSPS) is 12.7. The number of halogens is 1. The monoisotopic (exact) mass is 201 g/mol. The van der Waals surface area contributed by atoms with Crippen LogP contribution in [0.15, 0.2) is 12.1 Å². The highest BCUT2D eigenvalue weighted by atomic mass is 19.1. The van der Waals surface area contributed by atoms with Crippen molar-refractivity contribution in [3.8, 4) is 17.2 Å². The van der Waals surface area contributed by atoms with Gasteiger partial charge in [0.1, 0.15) is 23.4 Å². The second kappa shape index (κ2) is 4.15. The summed E-state index contributed by atoms with van der Waals surface area (Å²) in [6.45, 7) is 0.112. The lowest BCUT2D eigenvalue weighted by Crippen LogP contribution is -2.04. The molecule has 0 radical (unpaired) electrons. The Kier molecular flexibility index (Phi) is 3.14. The molecular weight excluding hydrogens is 189 g/mol. The number of aromatic hydroxyl groups is 3. The molecule has 0 fully saturated rings. The largest absolute Gasteiger partial charge is 0.508 e. The minimum Gasteiger partial charge on any atom is -0.508 e. The molecule has 1 aromatic rings. The Balaban J connectivity index is 3.07. The Hall–Kier alpha value is -1.49. The maximum Gasteiger partial charge on any atom is 0.133 e. The highest BCUT2D eigenvalue weighted by Gasteiger charge is 2.19. The summed E-state index contributed by atoms with van der Waals surface area (Å²) in [5.74, 6) is -1.25. The summed E-state index contributed by atoms with van der Waals surface area (Å²) in [5, 5.41) is 27.5. The average molecular weight is 201 g/mol. The molecule has 1 aromatic carbocycles. The van der Waals surface area contributed by atoms with Gasteiger partial charge in [-0.1, -0.05) is 0 Å². The Morgan fingerprint density at radius 3 is 2.14 bits per heavy atom. The van der Waals surface area contributed by atoms with Crippen LogP contribution in [-0.4, -0.2) is 21.9 Å². The molecule has 0 spiro atoms. The van der Waals surface area contributed by atoms with Gasteiger partial charge in [0, 0.05) is 12.1 Å². The number of alkyl halides is 1. The van der Waals surface area contributed by atoms with E-state index in [-0.39, 0.29) is 24.3 Å². The molecule has 1 atom stereocenters. The molecule has 1 rings (SSSR count). The molecule has 5 N–H and O–H groups in total. The first-order valence-electron chi connectivity index (χ1n) is 4.15. The van der Waals surface area contributed by atoms with Crippen molar-refractivity contribution in [1.82, 2.24) is 0 Å². The lowest BCUT2D eigenvalue weighted by Gasteiger charge is -2.11. The smallest absolute Gasteiger partial charge is 0.133 e. The van der Waals surface area contributed by atoms with Crippen LogP contribution in [0.1, 0.15) is 18.2 Å². The molecule has 0 aromatic heterocycles. The predicted octanol–water partition coefficient (Wildman–Crippen LogP) is 1.16. The van der Waals surface area contributed by atoms with Gasteiger partial charge in [0.15, 0.2) is 0 Å². The average Bonchev–Trinajstić information content (AvgIpc) is 2.01. The van der Waals surface area contributed by atoms with Gasteiger partial charge in [0.25, 0.3) is 0 Å². The summed E-state index contributed by atoms with van der Waals surface area (Å²) < 4.78 is 13.3. The first-order valence-corrected chi connectivity index (χ1v) is 4.15. The Bertz CT molecular complexity index is 307. The lowest BCUT2D eigenvalue weighted by atomic mass is 10.1. The highest BCUT2D eigenvalue weighted by Crippen LogP contribution is 2.39. The fourth-order valence-corrected chi connectivity index (χ4v) is 1.22. The van der Waals surface area contributed by atoms with Crippen molar-refractivity contribution >= 4 is 0 Å². The van der Waals surface area contributed by atoms with Gasteiger partial charge in [-0.3, -0.25) is 0 Å². The first-order chi connectivity index (χ1) is 6.56. The van der Waals surface area contributed by atoms with Crippen molar-refractivity contribution in [2.45, 2.75) is 12.6 Å². The molecule has 0 aliphatic heterocycles. The fourth-order valence-electron chi connectivity index (χ4n) is 1.22. The lowest BCUT2D eigenvalue weighted by molar-refractivity contribution is 0.302. The third-order valence-corrected chi connectivity index (χ3v) is 1.85. The number of hydrogen-bond acceptors (Lipinski definition) is 4. The number of nitrogens with two attached hydrogens (primary N) is 1. The van der Waals surface area contributed by atoms with Gasteiger partial charge in [-0.2, -0.15) is 0 Å². The van der Waals surface area contributed by atoms with Crippen molar-refractivity contribution in [3.05, 3.63) is 17.7 Å². The second-order valence-electron chi connectivity index (χ2n) is 2.94. The molecule has 0 saturated carbocycles. The molecule has 0 amide bonds. The zero-order valence-corrected chi connectivity index (χ0v) is 7.44. The fraction of sp³-hybridized carbons (Fsp3) is 0.333. The van der Waals surface area contributed by atoms with E-state index in [1.807, 2.05) is 0 Å². The van der Waals surface area contributed by atoms with Crippen LogP contribution in [0.3, 0.4) is 0 Å². The summed E-state index contributed by atoms with van der Waals surface area (Å²) in [5.41, 5.74) is 4.92. The maximum absolute atomic E-state index is 13.3. The van der Waals surface area contributed by atoms with Crippen LogP contribution in [0.2, 0.25) is 0 Å². The van der Waals surface area contributed by atoms with E-state index in [1.54, 1.807) is 0 Å². The van der Waals surface area contributed by atoms with Crippen LogP contribution >= 0.6 is 0 Å². The quantitative estimate of drug-likeness (QED) is 0.591. The Morgan fingerprint density at radius 2 is 1.71 bits per heavy atom. The molecule has 78 valence electrons. The van der Waals surface area contributed by atoms with E-state index in [9.17, 15) is 14.6 Å². The van der Waals surface area contributed by atoms with Crippen LogP contribution in [-0.2, 0) is 0 Å². The van der Waals surface area contributed by atoms with Gasteiger partial charge in [-0.15, -0.1) is 0 Å². The van der Waals surface area contributed by atoms with E-state index >= 15 is 0 Å². The minimum absolute atomic E-state index is 0.00585. The van der Waals surface area contributed by atoms with E-state index in [4.69, 9.17) is 10.8 Å². The van der Waals surface area contributed by atoms with Crippen molar-refractivity contribution in [1.29, 1.82) is 0 Å². The second-order valence-corrected chi connectivity index (χ2v) is 2.94. The van der Waals surface area contributed by atoms with Gasteiger partial charge in [0.05, 0.1) is 5.56 Å². The number of rotatable bonds is 3. The topological polar surface area (TPSA) is 86.7 Å². The van der Waals surface area contributed by atoms with Gasteiger partial charge in [-0.05, 0) is 13.0 Å². The van der Waals surface area contributed by atoms with Crippen molar-refractivity contribution in [2.75, 3.05) is 6.54 Å². The van der Waals surface area contributed by atoms with Gasteiger partial charge in [-0.25, -0.2) is 4.39 Å². The highest BCUT2D eigenvalue weighted by molar-refractivity contribution is 5.49. The van der Waals surface area contributed by atoms with Gasteiger partial charge >= 0.3 is 0 Å². The number of phenolic OH excluding ortho intramolecular Hbond substituents is 3. The molecule has 0 heterocycles. The summed E-state index contributed by atoms with van der Waals surface area (Å²) in [6, 6.07) is 1.94. The van der Waals surface area contributed by atoms with Crippen LogP contribution in [0.5, 0.6) is 17.2 Å². The zero-order chi connectivity index (χ0) is 10.7. The standard InChI is InChI=1S/C9H12FNO3/c10-6(1-2-11)9-7(13)3-5(12)4-8(9)14/h3-4,6,12-14H,1-2,11H2. The summed E-state index contributed by atoms with van der Waals surface area (Å²) in [4.78, 5) is 0. The molecule has 0 bridgehead atoms. The van der Waals surface area contributed by atoms with Crippen LogP contribution < -0.4 is 5.73 Å². The molecule has 0 aliphatic carbocycles. The van der Waals surface area contributed by atoms with Crippen molar-refractivity contribution < 1.29 is 19.7 Å². The number of benzene rings is 1. The third kappa shape index (κ3) is 2.05. The molecule has 5 heteroatoms. The predicted molar refractivity (Wildman–Crippen MR) is 49.0 cm³/mol. The summed E-state index contributed by atoms with van der Waals surface area (Å²) in [6.07, 6.45) is -1.52. The molecule has 14 heavy (non-hydrogen) atoms. The zero-order valence-electron chi connectivity index (χ0n) is 7.44. The van der Waals surface area contributed by atoms with E-state index in [2.05, 4.69) is 0 Å². The van der Waals surface area contributed by atoms with E-state index in [1.165, 1.54) is 0 Å². The van der Waals surface area contributed by atoms with Gasteiger partial charge < -0.3 is 21.1 Å². The summed E-state index contributed by atoms with van der Waals surface area (Å²) >= 11 is 0. The minimum atomic E-state index is -1.53. The van der Waals surface area contributed by atoms with Crippen LogP contribution in [0.4, 0.5) is 4.39 Å². The summed E-state index contributed by atoms with van der Waals surface area (Å²) in [7, 11) is 0. The first kappa shape index (κ1) is 10.6.